The summed E-state index contributed by atoms with van der Waals surface area (Å²) in [4.78, 5) is 26.3. The number of benzene rings is 2. The summed E-state index contributed by atoms with van der Waals surface area (Å²) in [5.74, 6) is -0.783. The van der Waals surface area contributed by atoms with Gasteiger partial charge in [-0.2, -0.15) is 5.10 Å². The van der Waals surface area contributed by atoms with Crippen LogP contribution >= 0.6 is 23.2 Å². The van der Waals surface area contributed by atoms with Crippen molar-refractivity contribution in [1.82, 2.24) is 5.43 Å². The van der Waals surface area contributed by atoms with Gasteiger partial charge in [-0.05, 0) is 41.8 Å². The van der Waals surface area contributed by atoms with Crippen molar-refractivity contribution in [1.29, 1.82) is 0 Å². The van der Waals surface area contributed by atoms with Crippen LogP contribution in [0.1, 0.15) is 24.5 Å². The Hall–Kier alpha value is -2.37. The third-order valence-corrected chi connectivity index (χ3v) is 5.22. The van der Waals surface area contributed by atoms with Gasteiger partial charge in [-0.1, -0.05) is 48.3 Å². The van der Waals surface area contributed by atoms with Crippen molar-refractivity contribution in [3.05, 3.63) is 63.6 Å². The average Bonchev–Trinajstić information content (AvgIpc) is 3.06. The van der Waals surface area contributed by atoms with Crippen LogP contribution in [0.2, 0.25) is 10.0 Å². The van der Waals surface area contributed by atoms with Crippen LogP contribution in [-0.2, 0) is 16.0 Å². The Morgan fingerprint density at radius 1 is 1.22 bits per heavy atom. The molecule has 27 heavy (non-hydrogen) atoms. The second kappa shape index (κ2) is 8.55. The predicted octanol–water partition coefficient (Wildman–Crippen LogP) is 4.06. The zero-order valence-electron chi connectivity index (χ0n) is 14.8. The van der Waals surface area contributed by atoms with E-state index >= 15 is 0 Å². The van der Waals surface area contributed by atoms with Crippen molar-refractivity contribution in [2.45, 2.75) is 19.8 Å². The largest absolute Gasteiger partial charge is 0.312 e. The fourth-order valence-corrected chi connectivity index (χ4v) is 3.21. The molecule has 0 radical (unpaired) electrons. The topological polar surface area (TPSA) is 61.8 Å². The number of anilines is 1. The SMILES string of the molecule is CCc1ccc(N2C[C@H](C(=O)N/N=C/c3ccc(Cl)c(Cl)c3)CC2=O)cc1. The first-order chi connectivity index (χ1) is 13.0. The number of carbonyl (C=O) groups is 2. The minimum Gasteiger partial charge on any atom is -0.312 e. The van der Waals surface area contributed by atoms with Gasteiger partial charge in [0.2, 0.25) is 11.8 Å². The zero-order valence-corrected chi connectivity index (χ0v) is 16.3. The highest BCUT2D eigenvalue weighted by atomic mass is 35.5. The molecule has 1 aliphatic heterocycles. The van der Waals surface area contributed by atoms with E-state index in [0.717, 1.165) is 12.1 Å². The molecule has 2 aromatic carbocycles. The Morgan fingerprint density at radius 3 is 2.63 bits per heavy atom. The van der Waals surface area contributed by atoms with Crippen molar-refractivity contribution in [3.8, 4) is 0 Å². The maximum absolute atomic E-state index is 12.3. The van der Waals surface area contributed by atoms with Crippen molar-refractivity contribution >= 4 is 46.9 Å². The number of hydrogen-bond donors (Lipinski definition) is 1. The zero-order chi connectivity index (χ0) is 19.4. The molecule has 7 heteroatoms. The van der Waals surface area contributed by atoms with Crippen LogP contribution < -0.4 is 10.3 Å². The normalized spacial score (nSPS) is 16.9. The predicted molar refractivity (Wildman–Crippen MR) is 108 cm³/mol. The van der Waals surface area contributed by atoms with Crippen LogP contribution in [0.4, 0.5) is 5.69 Å². The molecule has 0 saturated carbocycles. The molecule has 5 nitrogen and oxygen atoms in total. The number of hydrogen-bond acceptors (Lipinski definition) is 3. The number of amides is 2. The number of hydrazone groups is 1. The van der Waals surface area contributed by atoms with Gasteiger partial charge in [0.15, 0.2) is 0 Å². The third kappa shape index (κ3) is 4.67. The highest BCUT2D eigenvalue weighted by Gasteiger charge is 2.35. The van der Waals surface area contributed by atoms with Crippen LogP contribution in [0.25, 0.3) is 0 Å². The number of halogens is 2. The molecule has 0 unspecified atom stereocenters. The average molecular weight is 404 g/mol. The molecule has 1 aliphatic rings. The summed E-state index contributed by atoms with van der Waals surface area (Å²) in [5.41, 5.74) is 5.22. The summed E-state index contributed by atoms with van der Waals surface area (Å²) >= 11 is 11.8. The Morgan fingerprint density at radius 2 is 1.96 bits per heavy atom. The maximum Gasteiger partial charge on any atom is 0.245 e. The molecule has 0 spiro atoms. The molecule has 0 bridgehead atoms. The molecule has 0 aliphatic carbocycles. The van der Waals surface area contributed by atoms with Gasteiger partial charge in [-0.25, -0.2) is 5.43 Å². The standard InChI is InChI=1S/C20H19Cl2N3O2/c1-2-13-3-6-16(7-4-13)25-12-15(10-19(25)26)20(27)24-23-11-14-5-8-17(21)18(22)9-14/h3-9,11,15H,2,10,12H2,1H3,(H,24,27)/b23-11+/t15-/m1/s1. The summed E-state index contributed by atoms with van der Waals surface area (Å²) in [5, 5.41) is 4.81. The lowest BCUT2D eigenvalue weighted by Gasteiger charge is -2.16. The van der Waals surface area contributed by atoms with Crippen LogP contribution in [0.3, 0.4) is 0 Å². The van der Waals surface area contributed by atoms with E-state index in [4.69, 9.17) is 23.2 Å². The number of nitrogens with zero attached hydrogens (tertiary/aromatic N) is 2. The third-order valence-electron chi connectivity index (χ3n) is 4.48. The second-order valence-electron chi connectivity index (χ2n) is 6.33. The molecular formula is C20H19Cl2N3O2. The van der Waals surface area contributed by atoms with E-state index in [0.29, 0.717) is 22.2 Å². The van der Waals surface area contributed by atoms with Gasteiger partial charge < -0.3 is 4.90 Å². The van der Waals surface area contributed by atoms with Crippen molar-refractivity contribution in [2.24, 2.45) is 11.0 Å². The van der Waals surface area contributed by atoms with Gasteiger partial charge in [0.1, 0.15) is 0 Å². The summed E-state index contributed by atoms with van der Waals surface area (Å²) in [6.07, 6.45) is 2.60. The quantitative estimate of drug-likeness (QED) is 0.604. The van der Waals surface area contributed by atoms with Crippen molar-refractivity contribution < 1.29 is 9.59 Å². The molecule has 1 N–H and O–H groups in total. The molecule has 3 rings (SSSR count). The van der Waals surface area contributed by atoms with Gasteiger partial charge in [0.25, 0.3) is 0 Å². The van der Waals surface area contributed by atoms with Gasteiger partial charge in [0.05, 0.1) is 22.2 Å². The molecule has 1 saturated heterocycles. The van der Waals surface area contributed by atoms with E-state index in [9.17, 15) is 9.59 Å². The lowest BCUT2D eigenvalue weighted by molar-refractivity contribution is -0.126. The second-order valence-corrected chi connectivity index (χ2v) is 7.15. The van der Waals surface area contributed by atoms with Crippen LogP contribution in [0, 0.1) is 5.92 Å². The van der Waals surface area contributed by atoms with E-state index in [-0.39, 0.29) is 18.2 Å². The van der Waals surface area contributed by atoms with Gasteiger partial charge >= 0.3 is 0 Å². The summed E-state index contributed by atoms with van der Waals surface area (Å²) in [6, 6.07) is 12.9. The molecule has 1 fully saturated rings. The van der Waals surface area contributed by atoms with E-state index in [1.165, 1.54) is 11.8 Å². The Balaban J connectivity index is 1.59. The van der Waals surface area contributed by atoms with Crippen molar-refractivity contribution in [2.75, 3.05) is 11.4 Å². The lowest BCUT2D eigenvalue weighted by Crippen LogP contribution is -2.30. The lowest BCUT2D eigenvalue weighted by atomic mass is 10.1. The molecule has 1 heterocycles. The van der Waals surface area contributed by atoms with Crippen LogP contribution in [-0.4, -0.2) is 24.6 Å². The Kier molecular flexibility index (Phi) is 6.14. The van der Waals surface area contributed by atoms with E-state index < -0.39 is 5.92 Å². The Labute approximate surface area is 168 Å². The maximum atomic E-state index is 12.3. The first-order valence-electron chi connectivity index (χ1n) is 8.65. The minimum absolute atomic E-state index is 0.0622. The molecule has 0 aromatic heterocycles. The molecule has 1 atom stereocenters. The number of aryl methyl sites for hydroxylation is 1. The van der Waals surface area contributed by atoms with E-state index in [1.54, 1.807) is 23.1 Å². The van der Waals surface area contributed by atoms with Crippen LogP contribution in [0.15, 0.2) is 47.6 Å². The van der Waals surface area contributed by atoms with Gasteiger partial charge in [-0.3, -0.25) is 9.59 Å². The summed E-state index contributed by atoms with van der Waals surface area (Å²) < 4.78 is 0. The van der Waals surface area contributed by atoms with Crippen molar-refractivity contribution in [3.63, 3.8) is 0 Å². The number of carbonyl (C=O) groups excluding carboxylic acids is 2. The smallest absolute Gasteiger partial charge is 0.245 e. The fourth-order valence-electron chi connectivity index (χ4n) is 2.90. The first-order valence-corrected chi connectivity index (χ1v) is 9.40. The van der Waals surface area contributed by atoms with Gasteiger partial charge in [0, 0.05) is 18.7 Å². The van der Waals surface area contributed by atoms with Crippen LogP contribution in [0.5, 0.6) is 0 Å². The van der Waals surface area contributed by atoms with E-state index in [1.807, 2.05) is 24.3 Å². The highest BCUT2D eigenvalue weighted by molar-refractivity contribution is 6.42. The van der Waals surface area contributed by atoms with Gasteiger partial charge in [-0.15, -0.1) is 0 Å². The number of rotatable bonds is 5. The summed E-state index contributed by atoms with van der Waals surface area (Å²) in [6.45, 7) is 2.42. The Bertz CT molecular complexity index is 881. The molecule has 140 valence electrons. The van der Waals surface area contributed by atoms with E-state index in [2.05, 4.69) is 17.5 Å². The molecule has 2 amide bonds. The molecule has 2 aromatic rings. The number of nitrogens with one attached hydrogen (secondary N) is 1. The minimum atomic E-state index is -0.436. The monoisotopic (exact) mass is 403 g/mol. The summed E-state index contributed by atoms with van der Waals surface area (Å²) in [7, 11) is 0. The highest BCUT2D eigenvalue weighted by Crippen LogP contribution is 2.26. The molecular weight excluding hydrogens is 385 g/mol. The fraction of sp³-hybridized carbons (Fsp3) is 0.250. The first kappa shape index (κ1) is 19.4.